The van der Waals surface area contributed by atoms with Crippen LogP contribution in [-0.2, 0) is 19.0 Å². The first-order chi connectivity index (χ1) is 6.59. The molecule has 0 aromatic rings. The largest absolute Gasteiger partial charge is 0.451 e. The van der Waals surface area contributed by atoms with Crippen molar-refractivity contribution in [2.24, 2.45) is 0 Å². The molecule has 4 nitrogen and oxygen atoms in total. The molecule has 0 N–H and O–H groups in total. The topological polar surface area (TPSA) is 44.8 Å². The Bertz CT molecular complexity index is 228. The fraction of sp³-hybridized carbons (Fsp3) is 0.700. The van der Waals surface area contributed by atoms with Crippen LogP contribution in [0.25, 0.3) is 0 Å². The van der Waals surface area contributed by atoms with Crippen LogP contribution in [0.2, 0.25) is 0 Å². The molecular weight excluding hydrogens is 184 g/mol. The van der Waals surface area contributed by atoms with Crippen molar-refractivity contribution < 1.29 is 19.0 Å². The average Bonchev–Trinajstić information content (AvgIpc) is 2.19. The van der Waals surface area contributed by atoms with Gasteiger partial charge in [-0.05, 0) is 13.3 Å². The van der Waals surface area contributed by atoms with E-state index in [9.17, 15) is 4.79 Å². The van der Waals surface area contributed by atoms with E-state index in [0.717, 1.165) is 0 Å². The van der Waals surface area contributed by atoms with Crippen molar-refractivity contribution in [2.75, 3.05) is 20.0 Å². The molecule has 1 aliphatic heterocycles. The van der Waals surface area contributed by atoms with Gasteiger partial charge in [-0.15, -0.1) is 0 Å². The standard InChI is InChI=1S/C10H16O4/c1-4-10(5-12-7-13-6-10)14-9(11)8(2)3/h2,4-7H2,1,3H3. The van der Waals surface area contributed by atoms with Gasteiger partial charge in [-0.1, -0.05) is 13.5 Å². The molecular formula is C10H16O4. The molecule has 0 saturated carbocycles. The minimum Gasteiger partial charge on any atom is -0.451 e. The van der Waals surface area contributed by atoms with E-state index in [2.05, 4.69) is 6.58 Å². The summed E-state index contributed by atoms with van der Waals surface area (Å²) >= 11 is 0. The number of ether oxygens (including phenoxy) is 3. The van der Waals surface area contributed by atoms with Crippen molar-refractivity contribution in [1.82, 2.24) is 0 Å². The van der Waals surface area contributed by atoms with Crippen LogP contribution in [0.1, 0.15) is 20.3 Å². The molecule has 0 aliphatic carbocycles. The van der Waals surface area contributed by atoms with Crippen LogP contribution in [0, 0.1) is 0 Å². The maximum atomic E-state index is 11.3. The Balaban J connectivity index is 2.60. The Labute approximate surface area is 83.8 Å². The van der Waals surface area contributed by atoms with Crippen molar-refractivity contribution in [3.63, 3.8) is 0 Å². The van der Waals surface area contributed by atoms with E-state index in [0.29, 0.717) is 25.2 Å². The lowest BCUT2D eigenvalue weighted by molar-refractivity contribution is -0.218. The van der Waals surface area contributed by atoms with Crippen molar-refractivity contribution >= 4 is 5.97 Å². The molecule has 0 unspecified atom stereocenters. The number of carbonyl (C=O) groups excluding carboxylic acids is 1. The van der Waals surface area contributed by atoms with Gasteiger partial charge in [-0.25, -0.2) is 4.79 Å². The second-order valence-corrected chi connectivity index (χ2v) is 3.52. The maximum absolute atomic E-state index is 11.3. The van der Waals surface area contributed by atoms with Gasteiger partial charge >= 0.3 is 5.97 Å². The Hall–Kier alpha value is -0.870. The SMILES string of the molecule is C=C(C)C(=O)OC1(CC)COCOC1. The van der Waals surface area contributed by atoms with Gasteiger partial charge in [0, 0.05) is 5.57 Å². The van der Waals surface area contributed by atoms with Gasteiger partial charge in [-0.3, -0.25) is 0 Å². The van der Waals surface area contributed by atoms with E-state index in [-0.39, 0.29) is 12.8 Å². The first-order valence-corrected chi connectivity index (χ1v) is 4.64. The highest BCUT2D eigenvalue weighted by Crippen LogP contribution is 2.22. The van der Waals surface area contributed by atoms with E-state index in [1.807, 2.05) is 6.92 Å². The molecule has 1 saturated heterocycles. The van der Waals surface area contributed by atoms with Crippen molar-refractivity contribution in [2.45, 2.75) is 25.9 Å². The maximum Gasteiger partial charge on any atom is 0.333 e. The molecule has 0 spiro atoms. The van der Waals surface area contributed by atoms with Crippen molar-refractivity contribution in [3.05, 3.63) is 12.2 Å². The fourth-order valence-corrected chi connectivity index (χ4v) is 1.17. The van der Waals surface area contributed by atoms with Gasteiger partial charge in [0.2, 0.25) is 0 Å². The van der Waals surface area contributed by atoms with E-state index in [1.54, 1.807) is 6.92 Å². The van der Waals surface area contributed by atoms with Crippen molar-refractivity contribution in [3.8, 4) is 0 Å². The molecule has 1 heterocycles. The van der Waals surface area contributed by atoms with Gasteiger partial charge in [0.05, 0.1) is 13.2 Å². The van der Waals surface area contributed by atoms with E-state index >= 15 is 0 Å². The molecule has 14 heavy (non-hydrogen) atoms. The van der Waals surface area contributed by atoms with Gasteiger partial charge in [0.25, 0.3) is 0 Å². The highest BCUT2D eigenvalue weighted by atomic mass is 16.7. The molecule has 1 fully saturated rings. The molecule has 0 aromatic heterocycles. The van der Waals surface area contributed by atoms with Crippen molar-refractivity contribution in [1.29, 1.82) is 0 Å². The summed E-state index contributed by atoms with van der Waals surface area (Å²) in [7, 11) is 0. The summed E-state index contributed by atoms with van der Waals surface area (Å²) in [6.07, 6.45) is 0.673. The highest BCUT2D eigenvalue weighted by Gasteiger charge is 2.36. The third kappa shape index (κ3) is 2.56. The monoisotopic (exact) mass is 200 g/mol. The number of hydrogen-bond donors (Lipinski definition) is 0. The summed E-state index contributed by atoms with van der Waals surface area (Å²) in [4.78, 5) is 11.3. The molecule has 0 radical (unpaired) electrons. The second kappa shape index (κ2) is 4.57. The van der Waals surface area contributed by atoms with Crippen LogP contribution >= 0.6 is 0 Å². The van der Waals surface area contributed by atoms with Crippen LogP contribution in [0.5, 0.6) is 0 Å². The van der Waals surface area contributed by atoms with Crippen LogP contribution < -0.4 is 0 Å². The molecule has 1 aliphatic rings. The van der Waals surface area contributed by atoms with Gasteiger partial charge in [-0.2, -0.15) is 0 Å². The number of hydrogen-bond acceptors (Lipinski definition) is 4. The summed E-state index contributed by atoms with van der Waals surface area (Å²) in [5, 5.41) is 0. The molecule has 0 atom stereocenters. The fourth-order valence-electron chi connectivity index (χ4n) is 1.17. The zero-order chi connectivity index (χ0) is 10.6. The zero-order valence-corrected chi connectivity index (χ0v) is 8.67. The molecule has 0 bridgehead atoms. The quantitative estimate of drug-likeness (QED) is 0.508. The average molecular weight is 200 g/mol. The first-order valence-electron chi connectivity index (χ1n) is 4.64. The van der Waals surface area contributed by atoms with E-state index < -0.39 is 5.60 Å². The lowest BCUT2D eigenvalue weighted by Crippen LogP contribution is -2.47. The summed E-state index contributed by atoms with van der Waals surface area (Å²) < 4.78 is 15.6. The molecule has 4 heteroatoms. The smallest absolute Gasteiger partial charge is 0.333 e. The second-order valence-electron chi connectivity index (χ2n) is 3.52. The van der Waals surface area contributed by atoms with Crippen LogP contribution in [-0.4, -0.2) is 31.6 Å². The minimum atomic E-state index is -0.631. The normalized spacial score (nSPS) is 20.1. The zero-order valence-electron chi connectivity index (χ0n) is 8.67. The molecule has 0 aromatic carbocycles. The predicted molar refractivity (Wildman–Crippen MR) is 50.7 cm³/mol. The predicted octanol–water partition coefficient (Wildman–Crippen LogP) is 1.26. The number of esters is 1. The van der Waals surface area contributed by atoms with E-state index in [4.69, 9.17) is 14.2 Å². The lowest BCUT2D eigenvalue weighted by atomic mass is 10.0. The Morgan fingerprint density at radius 2 is 2.07 bits per heavy atom. The summed E-state index contributed by atoms with van der Waals surface area (Å²) in [5.74, 6) is -0.388. The Morgan fingerprint density at radius 1 is 1.50 bits per heavy atom. The first kappa shape index (κ1) is 11.2. The Kier molecular flexibility index (Phi) is 3.66. The third-order valence-corrected chi connectivity index (χ3v) is 2.20. The summed E-state index contributed by atoms with van der Waals surface area (Å²) in [5.41, 5.74) is -0.239. The van der Waals surface area contributed by atoms with Crippen LogP contribution in [0.3, 0.4) is 0 Å². The lowest BCUT2D eigenvalue weighted by Gasteiger charge is -2.35. The summed E-state index contributed by atoms with van der Waals surface area (Å²) in [6.45, 7) is 8.14. The molecule has 1 rings (SSSR count). The number of carbonyl (C=O) groups is 1. The molecule has 80 valence electrons. The Morgan fingerprint density at radius 3 is 2.50 bits per heavy atom. The number of rotatable bonds is 3. The van der Waals surface area contributed by atoms with Crippen LogP contribution in [0.15, 0.2) is 12.2 Å². The minimum absolute atomic E-state index is 0.270. The third-order valence-electron chi connectivity index (χ3n) is 2.20. The van der Waals surface area contributed by atoms with E-state index in [1.165, 1.54) is 0 Å². The summed E-state index contributed by atoms with van der Waals surface area (Å²) in [6, 6.07) is 0. The van der Waals surface area contributed by atoms with Gasteiger partial charge < -0.3 is 14.2 Å². The van der Waals surface area contributed by atoms with Gasteiger partial charge in [0.1, 0.15) is 6.79 Å². The highest BCUT2D eigenvalue weighted by molar-refractivity contribution is 5.87. The van der Waals surface area contributed by atoms with Gasteiger partial charge in [0.15, 0.2) is 5.60 Å². The van der Waals surface area contributed by atoms with Crippen LogP contribution in [0.4, 0.5) is 0 Å². The molecule has 0 amide bonds.